The van der Waals surface area contributed by atoms with Crippen LogP contribution < -0.4 is 0 Å². The van der Waals surface area contributed by atoms with E-state index >= 15 is 0 Å². The van der Waals surface area contributed by atoms with Crippen LogP contribution in [0.15, 0.2) is 24.5 Å². The van der Waals surface area contributed by atoms with Crippen molar-refractivity contribution in [2.45, 2.75) is 0 Å². The first kappa shape index (κ1) is 8.90. The molecule has 0 atom stereocenters. The topological polar surface area (TPSA) is 63.1 Å². The van der Waals surface area contributed by atoms with Crippen LogP contribution in [0.4, 0.5) is 0 Å². The average molecular weight is 209 g/mol. The lowest BCUT2D eigenvalue weighted by Crippen LogP contribution is -1.99. The molecule has 5 heteroatoms. The molecule has 2 rings (SSSR count). The molecule has 0 unspecified atom stereocenters. The molecule has 0 aliphatic heterocycles. The van der Waals surface area contributed by atoms with Crippen molar-refractivity contribution in [2.75, 3.05) is 0 Å². The predicted molar refractivity (Wildman–Crippen MR) is 51.5 cm³/mol. The van der Waals surface area contributed by atoms with E-state index in [2.05, 4.69) is 9.97 Å². The number of aromatic carboxylic acids is 1. The highest BCUT2D eigenvalue weighted by Gasteiger charge is 2.10. The van der Waals surface area contributed by atoms with Gasteiger partial charge < -0.3 is 5.11 Å². The third kappa shape index (κ3) is 1.29. The Morgan fingerprint density at radius 1 is 1.36 bits per heavy atom. The number of aromatic nitrogens is 2. The fraction of sp³-hybridized carbons (Fsp3) is 0. The van der Waals surface area contributed by atoms with Crippen molar-refractivity contribution < 1.29 is 9.90 Å². The Hall–Kier alpha value is -1.68. The molecular formula is C9H5ClN2O2. The first-order valence-corrected chi connectivity index (χ1v) is 4.20. The molecule has 1 aromatic carbocycles. The molecule has 0 spiro atoms. The van der Waals surface area contributed by atoms with Gasteiger partial charge in [-0.15, -0.1) is 0 Å². The number of carboxylic acid groups (broad SMARTS) is 1. The van der Waals surface area contributed by atoms with Gasteiger partial charge in [0, 0.05) is 5.39 Å². The minimum absolute atomic E-state index is 0.131. The fourth-order valence-electron chi connectivity index (χ4n) is 1.23. The maximum Gasteiger partial charge on any atom is 0.337 e. The maximum atomic E-state index is 10.8. The van der Waals surface area contributed by atoms with Crippen LogP contribution in [-0.4, -0.2) is 21.0 Å². The van der Waals surface area contributed by atoms with Gasteiger partial charge in [0.25, 0.3) is 0 Å². The minimum Gasteiger partial charge on any atom is -0.478 e. The Balaban J connectivity index is 2.88. The summed E-state index contributed by atoms with van der Waals surface area (Å²) in [7, 11) is 0. The van der Waals surface area contributed by atoms with Crippen LogP contribution in [0.3, 0.4) is 0 Å². The molecule has 14 heavy (non-hydrogen) atoms. The van der Waals surface area contributed by atoms with Gasteiger partial charge in [0.15, 0.2) is 0 Å². The molecule has 70 valence electrons. The maximum absolute atomic E-state index is 10.8. The Morgan fingerprint density at radius 2 is 2.14 bits per heavy atom. The average Bonchev–Trinajstić information content (AvgIpc) is 2.17. The van der Waals surface area contributed by atoms with Crippen molar-refractivity contribution in [3.63, 3.8) is 0 Å². The molecule has 4 nitrogen and oxygen atoms in total. The van der Waals surface area contributed by atoms with Crippen molar-refractivity contribution in [2.24, 2.45) is 0 Å². The Morgan fingerprint density at radius 3 is 2.86 bits per heavy atom. The van der Waals surface area contributed by atoms with E-state index in [-0.39, 0.29) is 10.7 Å². The summed E-state index contributed by atoms with van der Waals surface area (Å²) in [5, 5.41) is 9.68. The van der Waals surface area contributed by atoms with Crippen LogP contribution in [0.1, 0.15) is 10.4 Å². The molecule has 0 saturated heterocycles. The molecule has 0 aliphatic rings. The Labute approximate surface area is 84.2 Å². The monoisotopic (exact) mass is 208 g/mol. The summed E-state index contributed by atoms with van der Waals surface area (Å²) in [6.45, 7) is 0. The Bertz CT molecular complexity index is 513. The van der Waals surface area contributed by atoms with E-state index in [0.717, 1.165) is 0 Å². The largest absolute Gasteiger partial charge is 0.478 e. The van der Waals surface area contributed by atoms with E-state index in [9.17, 15) is 4.79 Å². The van der Waals surface area contributed by atoms with E-state index < -0.39 is 5.97 Å². The van der Waals surface area contributed by atoms with Crippen molar-refractivity contribution >= 4 is 28.5 Å². The number of benzene rings is 1. The molecule has 0 bridgehead atoms. The lowest BCUT2D eigenvalue weighted by Gasteiger charge is -2.01. The van der Waals surface area contributed by atoms with E-state index in [1.807, 2.05) is 0 Å². The third-order valence-electron chi connectivity index (χ3n) is 1.85. The number of carboxylic acids is 1. The molecule has 0 aliphatic carbocycles. The molecule has 2 aromatic rings. The molecule has 1 aromatic heterocycles. The standard InChI is InChI=1S/C9H5ClN2O2/c10-8-5-2-1-3-6(9(13)14)7(5)11-4-12-8/h1-4H,(H,13,14). The van der Waals surface area contributed by atoms with E-state index in [1.54, 1.807) is 12.1 Å². The molecule has 0 saturated carbocycles. The summed E-state index contributed by atoms with van der Waals surface area (Å²) in [5.41, 5.74) is 0.492. The van der Waals surface area contributed by atoms with Gasteiger partial charge in [-0.1, -0.05) is 17.7 Å². The van der Waals surface area contributed by atoms with Crippen molar-refractivity contribution in [1.82, 2.24) is 9.97 Å². The number of nitrogens with zero attached hydrogens (tertiary/aromatic N) is 2. The summed E-state index contributed by atoms with van der Waals surface area (Å²) >= 11 is 5.79. The lowest BCUT2D eigenvalue weighted by atomic mass is 10.1. The molecular weight excluding hydrogens is 204 g/mol. The second-order valence-electron chi connectivity index (χ2n) is 2.67. The zero-order valence-corrected chi connectivity index (χ0v) is 7.69. The summed E-state index contributed by atoms with van der Waals surface area (Å²) in [6, 6.07) is 4.78. The number of carbonyl (C=O) groups is 1. The zero-order chi connectivity index (χ0) is 10.1. The summed E-state index contributed by atoms with van der Waals surface area (Å²) in [4.78, 5) is 18.5. The Kier molecular flexibility index (Phi) is 2.05. The highest BCUT2D eigenvalue weighted by molar-refractivity contribution is 6.34. The molecule has 1 N–H and O–H groups in total. The van der Waals surface area contributed by atoms with Crippen molar-refractivity contribution in [3.05, 3.63) is 35.2 Å². The number of hydrogen-bond acceptors (Lipinski definition) is 3. The molecule has 0 fully saturated rings. The fourth-order valence-corrected chi connectivity index (χ4v) is 1.42. The van der Waals surface area contributed by atoms with Gasteiger partial charge in [-0.25, -0.2) is 14.8 Å². The highest BCUT2D eigenvalue weighted by atomic mass is 35.5. The smallest absolute Gasteiger partial charge is 0.337 e. The minimum atomic E-state index is -1.02. The predicted octanol–water partition coefficient (Wildman–Crippen LogP) is 1.98. The third-order valence-corrected chi connectivity index (χ3v) is 2.15. The summed E-state index contributed by atoms with van der Waals surface area (Å²) in [5.74, 6) is -1.02. The first-order valence-electron chi connectivity index (χ1n) is 3.82. The molecule has 0 radical (unpaired) electrons. The van der Waals surface area contributed by atoms with Crippen LogP contribution in [0.25, 0.3) is 10.9 Å². The van der Waals surface area contributed by atoms with Gasteiger partial charge in [-0.3, -0.25) is 0 Å². The van der Waals surface area contributed by atoms with Gasteiger partial charge >= 0.3 is 5.97 Å². The van der Waals surface area contributed by atoms with Crippen LogP contribution >= 0.6 is 11.6 Å². The van der Waals surface area contributed by atoms with Crippen LogP contribution in [-0.2, 0) is 0 Å². The van der Waals surface area contributed by atoms with Crippen LogP contribution in [0.2, 0.25) is 5.15 Å². The summed E-state index contributed by atoms with van der Waals surface area (Å²) in [6.07, 6.45) is 1.25. The lowest BCUT2D eigenvalue weighted by molar-refractivity contribution is 0.0699. The van der Waals surface area contributed by atoms with Crippen LogP contribution in [0, 0.1) is 0 Å². The quantitative estimate of drug-likeness (QED) is 0.728. The molecule has 1 heterocycles. The number of fused-ring (bicyclic) bond motifs is 1. The van der Waals surface area contributed by atoms with E-state index in [0.29, 0.717) is 10.9 Å². The second kappa shape index (κ2) is 3.23. The molecule has 0 amide bonds. The number of hydrogen-bond donors (Lipinski definition) is 1. The first-order chi connectivity index (χ1) is 6.70. The normalized spacial score (nSPS) is 10.4. The van der Waals surface area contributed by atoms with Crippen molar-refractivity contribution in [3.8, 4) is 0 Å². The number of para-hydroxylation sites is 1. The zero-order valence-electron chi connectivity index (χ0n) is 6.94. The van der Waals surface area contributed by atoms with Gasteiger partial charge in [-0.2, -0.15) is 0 Å². The van der Waals surface area contributed by atoms with E-state index in [4.69, 9.17) is 16.7 Å². The number of halogens is 1. The number of rotatable bonds is 1. The van der Waals surface area contributed by atoms with Crippen molar-refractivity contribution in [1.29, 1.82) is 0 Å². The van der Waals surface area contributed by atoms with Gasteiger partial charge in [-0.05, 0) is 12.1 Å². The van der Waals surface area contributed by atoms with Gasteiger partial charge in [0.05, 0.1) is 11.1 Å². The SMILES string of the molecule is O=C(O)c1cccc2c(Cl)ncnc12. The highest BCUT2D eigenvalue weighted by Crippen LogP contribution is 2.21. The second-order valence-corrected chi connectivity index (χ2v) is 3.03. The van der Waals surface area contributed by atoms with Crippen LogP contribution in [0.5, 0.6) is 0 Å². The van der Waals surface area contributed by atoms with Gasteiger partial charge in [0.1, 0.15) is 11.5 Å². The van der Waals surface area contributed by atoms with Gasteiger partial charge in [0.2, 0.25) is 0 Å². The van der Waals surface area contributed by atoms with E-state index in [1.165, 1.54) is 12.4 Å². The summed E-state index contributed by atoms with van der Waals surface area (Å²) < 4.78 is 0.